The van der Waals surface area contributed by atoms with Crippen molar-refractivity contribution in [3.05, 3.63) is 18.2 Å². The smallest absolute Gasteiger partial charge is 0.222 e. The SMILES string of the molecule is CNCc1cncn1C1CNC(=O)C1. The Hall–Kier alpha value is -1.36. The predicted octanol–water partition coefficient (Wildman–Crippen LogP) is -0.337. The number of nitrogens with one attached hydrogen (secondary N) is 2. The maximum Gasteiger partial charge on any atom is 0.222 e. The fraction of sp³-hybridized carbons (Fsp3) is 0.556. The Labute approximate surface area is 82.5 Å². The highest BCUT2D eigenvalue weighted by Crippen LogP contribution is 2.17. The Morgan fingerprint density at radius 2 is 2.64 bits per heavy atom. The van der Waals surface area contributed by atoms with Gasteiger partial charge in [-0.05, 0) is 7.05 Å². The molecule has 2 N–H and O–H groups in total. The third kappa shape index (κ3) is 1.63. The topological polar surface area (TPSA) is 59.0 Å². The minimum Gasteiger partial charge on any atom is -0.354 e. The van der Waals surface area contributed by atoms with Gasteiger partial charge in [-0.1, -0.05) is 0 Å². The zero-order valence-corrected chi connectivity index (χ0v) is 8.16. The van der Waals surface area contributed by atoms with E-state index in [9.17, 15) is 4.79 Å². The molecule has 0 saturated carbocycles. The van der Waals surface area contributed by atoms with E-state index in [0.29, 0.717) is 13.0 Å². The number of nitrogens with zero attached hydrogens (tertiary/aromatic N) is 2. The molecule has 5 nitrogen and oxygen atoms in total. The molecule has 1 aromatic heterocycles. The second-order valence-electron chi connectivity index (χ2n) is 3.48. The predicted molar refractivity (Wildman–Crippen MR) is 51.7 cm³/mol. The van der Waals surface area contributed by atoms with Gasteiger partial charge in [-0.2, -0.15) is 0 Å². The lowest BCUT2D eigenvalue weighted by molar-refractivity contribution is -0.119. The molecule has 1 fully saturated rings. The Morgan fingerprint density at radius 3 is 3.29 bits per heavy atom. The van der Waals surface area contributed by atoms with E-state index in [2.05, 4.69) is 20.2 Å². The molecule has 14 heavy (non-hydrogen) atoms. The first-order valence-electron chi connectivity index (χ1n) is 4.73. The number of amides is 1. The second-order valence-corrected chi connectivity index (χ2v) is 3.48. The van der Waals surface area contributed by atoms with Crippen molar-refractivity contribution in [1.29, 1.82) is 0 Å². The maximum atomic E-state index is 11.1. The average Bonchev–Trinajstić information content (AvgIpc) is 2.74. The summed E-state index contributed by atoms with van der Waals surface area (Å²) in [5.74, 6) is 0.124. The molecule has 0 aromatic carbocycles. The lowest BCUT2D eigenvalue weighted by Gasteiger charge is -2.12. The monoisotopic (exact) mass is 194 g/mol. The minimum atomic E-state index is 0.124. The van der Waals surface area contributed by atoms with Crippen LogP contribution < -0.4 is 10.6 Å². The van der Waals surface area contributed by atoms with Crippen LogP contribution in [0.15, 0.2) is 12.5 Å². The van der Waals surface area contributed by atoms with E-state index in [1.807, 2.05) is 13.2 Å². The zero-order valence-electron chi connectivity index (χ0n) is 8.16. The van der Waals surface area contributed by atoms with Crippen LogP contribution >= 0.6 is 0 Å². The van der Waals surface area contributed by atoms with Crippen LogP contribution in [-0.4, -0.2) is 29.1 Å². The lowest BCUT2D eigenvalue weighted by Crippen LogP contribution is -2.18. The van der Waals surface area contributed by atoms with E-state index in [-0.39, 0.29) is 11.9 Å². The summed E-state index contributed by atoms with van der Waals surface area (Å²) in [5, 5.41) is 5.90. The molecular formula is C9H14N4O. The van der Waals surface area contributed by atoms with Crippen LogP contribution in [-0.2, 0) is 11.3 Å². The molecule has 1 aliphatic rings. The molecule has 1 atom stereocenters. The highest BCUT2D eigenvalue weighted by atomic mass is 16.1. The van der Waals surface area contributed by atoms with Crippen LogP contribution in [0.25, 0.3) is 0 Å². The second kappa shape index (κ2) is 3.79. The van der Waals surface area contributed by atoms with Gasteiger partial charge < -0.3 is 15.2 Å². The number of hydrogen-bond acceptors (Lipinski definition) is 3. The van der Waals surface area contributed by atoms with Gasteiger partial charge in [0.25, 0.3) is 0 Å². The van der Waals surface area contributed by atoms with Gasteiger partial charge in [-0.15, -0.1) is 0 Å². The van der Waals surface area contributed by atoms with Gasteiger partial charge in [0.05, 0.1) is 18.1 Å². The number of imidazole rings is 1. The number of carbonyl (C=O) groups is 1. The molecule has 1 unspecified atom stereocenters. The molecule has 5 heteroatoms. The van der Waals surface area contributed by atoms with Crippen molar-refractivity contribution < 1.29 is 4.79 Å². The summed E-state index contributed by atoms with van der Waals surface area (Å²) < 4.78 is 2.06. The standard InChI is InChI=1S/C9H14N4O/c1-10-3-8-4-11-6-13(8)7-2-9(14)12-5-7/h4,6-7,10H,2-3,5H2,1H3,(H,12,14). The molecule has 0 radical (unpaired) electrons. The Bertz CT molecular complexity index is 333. The van der Waals surface area contributed by atoms with Crippen molar-refractivity contribution >= 4 is 5.91 Å². The van der Waals surface area contributed by atoms with Gasteiger partial charge in [0, 0.05) is 25.7 Å². The van der Waals surface area contributed by atoms with Crippen LogP contribution in [0.3, 0.4) is 0 Å². The van der Waals surface area contributed by atoms with Gasteiger partial charge in [0.15, 0.2) is 0 Å². The van der Waals surface area contributed by atoms with Crippen molar-refractivity contribution in [2.45, 2.75) is 19.0 Å². The summed E-state index contributed by atoms with van der Waals surface area (Å²) in [5.41, 5.74) is 1.12. The van der Waals surface area contributed by atoms with Crippen molar-refractivity contribution in [1.82, 2.24) is 20.2 Å². The number of hydrogen-bond donors (Lipinski definition) is 2. The first-order chi connectivity index (χ1) is 6.81. The van der Waals surface area contributed by atoms with Gasteiger partial charge in [-0.25, -0.2) is 4.98 Å². The Balaban J connectivity index is 2.14. The van der Waals surface area contributed by atoms with E-state index in [0.717, 1.165) is 12.2 Å². The summed E-state index contributed by atoms with van der Waals surface area (Å²) in [6.07, 6.45) is 4.18. The highest BCUT2D eigenvalue weighted by molar-refractivity contribution is 5.78. The van der Waals surface area contributed by atoms with E-state index in [4.69, 9.17) is 0 Å². The lowest BCUT2D eigenvalue weighted by atomic mass is 10.2. The Morgan fingerprint density at radius 1 is 1.79 bits per heavy atom. The van der Waals surface area contributed by atoms with Crippen LogP contribution in [0.5, 0.6) is 0 Å². The van der Waals surface area contributed by atoms with Gasteiger partial charge in [0.2, 0.25) is 5.91 Å². The fourth-order valence-corrected chi connectivity index (χ4v) is 1.77. The largest absolute Gasteiger partial charge is 0.354 e. The third-order valence-electron chi connectivity index (χ3n) is 2.45. The fourth-order valence-electron chi connectivity index (χ4n) is 1.77. The van der Waals surface area contributed by atoms with Gasteiger partial charge >= 0.3 is 0 Å². The van der Waals surface area contributed by atoms with E-state index >= 15 is 0 Å². The van der Waals surface area contributed by atoms with E-state index in [1.165, 1.54) is 0 Å². The quantitative estimate of drug-likeness (QED) is 0.692. The molecule has 0 spiro atoms. The zero-order chi connectivity index (χ0) is 9.97. The number of carbonyl (C=O) groups excluding carboxylic acids is 1. The molecular weight excluding hydrogens is 180 g/mol. The van der Waals surface area contributed by atoms with Crippen LogP contribution in [0.4, 0.5) is 0 Å². The molecule has 1 aromatic rings. The summed E-state index contributed by atoms with van der Waals surface area (Å²) in [4.78, 5) is 15.2. The van der Waals surface area contributed by atoms with Gasteiger partial charge in [0.1, 0.15) is 0 Å². The van der Waals surface area contributed by atoms with Crippen molar-refractivity contribution in [2.24, 2.45) is 0 Å². The van der Waals surface area contributed by atoms with Crippen LogP contribution in [0.2, 0.25) is 0 Å². The van der Waals surface area contributed by atoms with E-state index in [1.54, 1.807) is 6.33 Å². The normalized spacial score (nSPS) is 21.2. The molecule has 1 amide bonds. The summed E-state index contributed by atoms with van der Waals surface area (Å²) in [6, 6.07) is 0.230. The number of aromatic nitrogens is 2. The molecule has 1 saturated heterocycles. The summed E-state index contributed by atoms with van der Waals surface area (Å²) in [7, 11) is 1.90. The average molecular weight is 194 g/mol. The minimum absolute atomic E-state index is 0.124. The van der Waals surface area contributed by atoms with Gasteiger partial charge in [-0.3, -0.25) is 4.79 Å². The molecule has 0 aliphatic carbocycles. The third-order valence-corrected chi connectivity index (χ3v) is 2.45. The number of rotatable bonds is 3. The van der Waals surface area contributed by atoms with E-state index < -0.39 is 0 Å². The summed E-state index contributed by atoms with van der Waals surface area (Å²) in [6.45, 7) is 1.50. The molecule has 1 aliphatic heterocycles. The maximum absolute atomic E-state index is 11.1. The Kier molecular flexibility index (Phi) is 2.49. The first-order valence-corrected chi connectivity index (χ1v) is 4.73. The van der Waals surface area contributed by atoms with Crippen molar-refractivity contribution in [3.8, 4) is 0 Å². The van der Waals surface area contributed by atoms with Crippen LogP contribution in [0, 0.1) is 0 Å². The molecule has 2 heterocycles. The van der Waals surface area contributed by atoms with Crippen molar-refractivity contribution in [3.63, 3.8) is 0 Å². The first kappa shape index (κ1) is 9.21. The molecule has 0 bridgehead atoms. The molecule has 76 valence electrons. The highest BCUT2D eigenvalue weighted by Gasteiger charge is 2.23. The molecule has 2 rings (SSSR count). The van der Waals surface area contributed by atoms with Crippen molar-refractivity contribution in [2.75, 3.05) is 13.6 Å². The van der Waals surface area contributed by atoms with Crippen LogP contribution in [0.1, 0.15) is 18.2 Å². The summed E-state index contributed by atoms with van der Waals surface area (Å²) >= 11 is 0.